The second-order valence-electron chi connectivity index (χ2n) is 3.59. The van der Waals surface area contributed by atoms with Crippen LogP contribution in [0.3, 0.4) is 0 Å². The number of hydrogen-bond donors (Lipinski definition) is 0. The summed E-state index contributed by atoms with van der Waals surface area (Å²) in [7, 11) is 0. The van der Waals surface area contributed by atoms with Crippen LogP contribution in [0.2, 0.25) is 0 Å². The third-order valence-corrected chi connectivity index (χ3v) is 2.57. The molecule has 1 heterocycles. The molecule has 0 fully saturated rings. The number of nitriles is 1. The first kappa shape index (κ1) is 13.9. The van der Waals surface area contributed by atoms with E-state index in [4.69, 9.17) is 5.26 Å². The van der Waals surface area contributed by atoms with Crippen LogP contribution in [0.4, 0.5) is 0 Å². The molecule has 0 saturated carbocycles. The molecule has 0 N–H and O–H groups in total. The molecule has 2 nitrogen and oxygen atoms in total. The van der Waals surface area contributed by atoms with E-state index >= 15 is 0 Å². The molecular weight excluding hydrogens is 220 g/mol. The van der Waals surface area contributed by atoms with Gasteiger partial charge in [0.25, 0.3) is 0 Å². The lowest BCUT2D eigenvalue weighted by Gasteiger charge is -2.02. The smallest absolute Gasteiger partial charge is 0.140 e. The van der Waals surface area contributed by atoms with Crippen LogP contribution in [0.5, 0.6) is 0 Å². The van der Waals surface area contributed by atoms with E-state index in [0.29, 0.717) is 5.69 Å². The summed E-state index contributed by atoms with van der Waals surface area (Å²) in [6.45, 7) is 6.14. The van der Waals surface area contributed by atoms with Crippen molar-refractivity contribution in [2.24, 2.45) is 0 Å². The van der Waals surface area contributed by atoms with Gasteiger partial charge < -0.3 is 0 Å². The van der Waals surface area contributed by atoms with Gasteiger partial charge in [0.05, 0.1) is 0 Å². The van der Waals surface area contributed by atoms with E-state index in [0.717, 1.165) is 17.5 Å². The molecule has 0 amide bonds. The molecule has 1 aromatic carbocycles. The van der Waals surface area contributed by atoms with Gasteiger partial charge in [-0.1, -0.05) is 45.0 Å². The Kier molecular flexibility index (Phi) is 5.60. The lowest BCUT2D eigenvalue weighted by molar-refractivity contribution is 1.14. The van der Waals surface area contributed by atoms with E-state index in [2.05, 4.69) is 36.2 Å². The summed E-state index contributed by atoms with van der Waals surface area (Å²) in [4.78, 5) is 4.06. The highest BCUT2D eigenvalue weighted by Gasteiger charge is 1.98. The Bertz CT molecular complexity index is 504. The molecule has 92 valence electrons. The average molecular weight is 238 g/mol. The van der Waals surface area contributed by atoms with Gasteiger partial charge in [0.15, 0.2) is 0 Å². The molecule has 1 aromatic heterocycles. The third-order valence-electron chi connectivity index (χ3n) is 2.57. The monoisotopic (exact) mass is 238 g/mol. The van der Waals surface area contributed by atoms with E-state index < -0.39 is 0 Å². The Labute approximate surface area is 109 Å². The van der Waals surface area contributed by atoms with Crippen LogP contribution in [0, 0.1) is 11.3 Å². The van der Waals surface area contributed by atoms with Crippen LogP contribution in [-0.2, 0) is 6.42 Å². The molecular formula is C16H18N2. The highest BCUT2D eigenvalue weighted by atomic mass is 14.7. The van der Waals surface area contributed by atoms with Gasteiger partial charge in [-0.3, -0.25) is 0 Å². The molecule has 0 spiro atoms. The van der Waals surface area contributed by atoms with Crippen molar-refractivity contribution in [2.45, 2.75) is 27.2 Å². The van der Waals surface area contributed by atoms with Crippen LogP contribution in [0.25, 0.3) is 11.1 Å². The Morgan fingerprint density at radius 2 is 1.61 bits per heavy atom. The maximum atomic E-state index is 8.65. The maximum Gasteiger partial charge on any atom is 0.140 e. The van der Waals surface area contributed by atoms with Gasteiger partial charge in [0.2, 0.25) is 0 Å². The summed E-state index contributed by atoms with van der Waals surface area (Å²) in [6.07, 6.45) is 2.78. The number of aryl methyl sites for hydroxylation is 1. The number of rotatable bonds is 2. The zero-order chi connectivity index (χ0) is 13.4. The van der Waals surface area contributed by atoms with Gasteiger partial charge in [-0.15, -0.1) is 0 Å². The summed E-state index contributed by atoms with van der Waals surface area (Å²) in [6, 6.07) is 14.1. The molecule has 0 bridgehead atoms. The Balaban J connectivity index is 0.000000771. The van der Waals surface area contributed by atoms with Crippen molar-refractivity contribution in [3.63, 3.8) is 0 Å². The lowest BCUT2D eigenvalue weighted by atomic mass is 10.0. The third kappa shape index (κ3) is 3.43. The van der Waals surface area contributed by atoms with Crippen LogP contribution in [0.1, 0.15) is 32.0 Å². The fourth-order valence-corrected chi connectivity index (χ4v) is 1.56. The van der Waals surface area contributed by atoms with Gasteiger partial charge in [0, 0.05) is 11.8 Å². The summed E-state index contributed by atoms with van der Waals surface area (Å²) in [5.41, 5.74) is 3.95. The molecule has 0 unspecified atom stereocenters. The highest BCUT2D eigenvalue weighted by molar-refractivity contribution is 5.63. The first-order valence-electron chi connectivity index (χ1n) is 6.29. The van der Waals surface area contributed by atoms with Crippen LogP contribution in [0.15, 0.2) is 42.6 Å². The van der Waals surface area contributed by atoms with E-state index in [1.54, 1.807) is 12.3 Å². The summed E-state index contributed by atoms with van der Waals surface area (Å²) in [5, 5.41) is 8.65. The van der Waals surface area contributed by atoms with Crippen LogP contribution in [-0.4, -0.2) is 4.98 Å². The van der Waals surface area contributed by atoms with Crippen molar-refractivity contribution in [3.8, 4) is 17.2 Å². The predicted molar refractivity (Wildman–Crippen MR) is 75.1 cm³/mol. The Hall–Kier alpha value is -2.14. The van der Waals surface area contributed by atoms with Gasteiger partial charge >= 0.3 is 0 Å². The second-order valence-corrected chi connectivity index (χ2v) is 3.59. The maximum absolute atomic E-state index is 8.65. The zero-order valence-electron chi connectivity index (χ0n) is 11.1. The number of benzene rings is 1. The molecule has 0 aliphatic carbocycles. The minimum absolute atomic E-state index is 0.453. The fourth-order valence-electron chi connectivity index (χ4n) is 1.56. The molecule has 2 aromatic rings. The number of aromatic nitrogens is 1. The zero-order valence-corrected chi connectivity index (χ0v) is 11.1. The average Bonchev–Trinajstić information content (AvgIpc) is 2.49. The van der Waals surface area contributed by atoms with Crippen LogP contribution >= 0.6 is 0 Å². The van der Waals surface area contributed by atoms with Crippen molar-refractivity contribution in [3.05, 3.63) is 53.9 Å². The SMILES string of the molecule is CC.CCc1ccc(-c2ccc(C#N)nc2)cc1. The fraction of sp³-hybridized carbons (Fsp3) is 0.250. The van der Waals surface area contributed by atoms with Gasteiger partial charge in [0.1, 0.15) is 11.8 Å². The van der Waals surface area contributed by atoms with E-state index in [1.165, 1.54) is 5.56 Å². The first-order chi connectivity index (χ1) is 8.83. The molecule has 0 radical (unpaired) electrons. The first-order valence-corrected chi connectivity index (χ1v) is 6.29. The lowest BCUT2D eigenvalue weighted by Crippen LogP contribution is -1.85. The van der Waals surface area contributed by atoms with Gasteiger partial charge in [-0.25, -0.2) is 4.98 Å². The van der Waals surface area contributed by atoms with E-state index in [-0.39, 0.29) is 0 Å². The number of nitrogens with zero attached hydrogens (tertiary/aromatic N) is 2. The quantitative estimate of drug-likeness (QED) is 0.785. The standard InChI is InChI=1S/C14H12N2.C2H6/c1-2-11-3-5-12(6-4-11)13-7-8-14(9-15)16-10-13;1-2/h3-8,10H,2H2,1H3;1-2H3. The molecule has 0 aliphatic rings. The minimum atomic E-state index is 0.453. The van der Waals surface area contributed by atoms with Crippen molar-refractivity contribution < 1.29 is 0 Å². The number of hydrogen-bond acceptors (Lipinski definition) is 2. The largest absolute Gasteiger partial charge is 0.245 e. The molecule has 2 heteroatoms. The van der Waals surface area contributed by atoms with E-state index in [1.807, 2.05) is 26.0 Å². The highest BCUT2D eigenvalue weighted by Crippen LogP contribution is 2.19. The molecule has 0 aliphatic heterocycles. The molecule has 18 heavy (non-hydrogen) atoms. The van der Waals surface area contributed by atoms with Gasteiger partial charge in [-0.05, 0) is 29.7 Å². The van der Waals surface area contributed by atoms with E-state index in [9.17, 15) is 0 Å². The van der Waals surface area contributed by atoms with Crippen molar-refractivity contribution in [2.75, 3.05) is 0 Å². The van der Waals surface area contributed by atoms with Gasteiger partial charge in [-0.2, -0.15) is 5.26 Å². The Morgan fingerprint density at radius 1 is 1.00 bits per heavy atom. The topological polar surface area (TPSA) is 36.7 Å². The van der Waals surface area contributed by atoms with Crippen LogP contribution < -0.4 is 0 Å². The number of pyridine rings is 1. The predicted octanol–water partition coefficient (Wildman–Crippen LogP) is 4.21. The van der Waals surface area contributed by atoms with Crippen molar-refractivity contribution in [1.29, 1.82) is 5.26 Å². The molecule has 2 rings (SSSR count). The second kappa shape index (κ2) is 7.24. The molecule has 0 saturated heterocycles. The van der Waals surface area contributed by atoms with Crippen molar-refractivity contribution >= 4 is 0 Å². The van der Waals surface area contributed by atoms with Crippen molar-refractivity contribution in [1.82, 2.24) is 4.98 Å². The normalized spacial score (nSPS) is 9.00. The Morgan fingerprint density at radius 3 is 2.06 bits per heavy atom. The summed E-state index contributed by atoms with van der Waals surface area (Å²) >= 11 is 0. The summed E-state index contributed by atoms with van der Waals surface area (Å²) in [5.74, 6) is 0. The molecule has 0 atom stereocenters. The summed E-state index contributed by atoms with van der Waals surface area (Å²) < 4.78 is 0. The minimum Gasteiger partial charge on any atom is -0.245 e.